The van der Waals surface area contributed by atoms with Gasteiger partial charge in [-0.25, -0.2) is 15.0 Å². The molecule has 32 heavy (non-hydrogen) atoms. The smallest absolute Gasteiger partial charge is 0.226 e. The molecule has 1 saturated heterocycles. The average molecular weight is 487 g/mol. The van der Waals surface area contributed by atoms with Crippen LogP contribution in [0, 0.1) is 13.8 Å². The number of halogens is 1. The molecule has 4 heterocycles. The lowest BCUT2D eigenvalue weighted by molar-refractivity contribution is 0.0330. The van der Waals surface area contributed by atoms with Crippen LogP contribution in [0.4, 0.5) is 0 Å². The van der Waals surface area contributed by atoms with Crippen molar-refractivity contribution in [2.75, 3.05) is 26.3 Å². The number of aryl methyl sites for hydroxylation is 2. The highest BCUT2D eigenvalue weighted by Gasteiger charge is 2.18. The van der Waals surface area contributed by atoms with Gasteiger partial charge in [0.1, 0.15) is 21.9 Å². The molecule has 0 radical (unpaired) electrons. The van der Waals surface area contributed by atoms with Gasteiger partial charge in [0.25, 0.3) is 0 Å². The lowest BCUT2D eigenvalue weighted by Gasteiger charge is -2.25. The Balaban J connectivity index is 1.38. The van der Waals surface area contributed by atoms with Crippen LogP contribution >= 0.6 is 34.7 Å². The van der Waals surface area contributed by atoms with Crippen molar-refractivity contribution in [1.82, 2.24) is 19.9 Å². The number of hydrogen-bond donors (Lipinski definition) is 0. The van der Waals surface area contributed by atoms with Gasteiger partial charge < -0.3 is 9.15 Å². The fourth-order valence-corrected chi connectivity index (χ4v) is 5.85. The van der Waals surface area contributed by atoms with Crippen LogP contribution < -0.4 is 0 Å². The summed E-state index contributed by atoms with van der Waals surface area (Å²) < 4.78 is 11.2. The molecular formula is C23H23ClN4O2S2. The van der Waals surface area contributed by atoms with Crippen molar-refractivity contribution in [2.45, 2.75) is 31.2 Å². The Hall–Kier alpha value is -1.97. The lowest BCUT2D eigenvalue weighted by atomic mass is 10.2. The lowest BCUT2D eigenvalue weighted by Crippen LogP contribution is -2.36. The molecule has 1 fully saturated rings. The van der Waals surface area contributed by atoms with Gasteiger partial charge in [0, 0.05) is 39.7 Å². The Bertz CT molecular complexity index is 1230. The summed E-state index contributed by atoms with van der Waals surface area (Å²) in [5.41, 5.74) is 3.05. The van der Waals surface area contributed by atoms with Crippen molar-refractivity contribution in [3.05, 3.63) is 57.5 Å². The van der Waals surface area contributed by atoms with E-state index in [0.29, 0.717) is 16.7 Å². The Kier molecular flexibility index (Phi) is 6.48. The van der Waals surface area contributed by atoms with Crippen LogP contribution in [-0.2, 0) is 17.0 Å². The minimum Gasteiger partial charge on any atom is -0.444 e. The van der Waals surface area contributed by atoms with E-state index in [0.717, 1.165) is 65.2 Å². The molecule has 166 valence electrons. The standard InChI is InChI=1S/C23H23ClN4O2S2/c1-14-15(2)32-23-20(14)22(26-19(27-23)11-28-7-9-29-10-8-28)31-13-18-12-30-21(25-18)16-3-5-17(24)6-4-16/h3-6,12H,7-11,13H2,1-2H3. The number of aromatic nitrogens is 3. The highest BCUT2D eigenvalue weighted by molar-refractivity contribution is 7.98. The van der Waals surface area contributed by atoms with E-state index in [1.807, 2.05) is 24.3 Å². The average Bonchev–Trinajstić information content (AvgIpc) is 3.38. The van der Waals surface area contributed by atoms with Gasteiger partial charge >= 0.3 is 0 Å². The SMILES string of the molecule is Cc1sc2nc(CN3CCOCC3)nc(SCc3coc(-c4ccc(Cl)cc4)n3)c2c1C. The molecule has 0 amide bonds. The van der Waals surface area contributed by atoms with Gasteiger partial charge in [-0.1, -0.05) is 23.4 Å². The van der Waals surface area contributed by atoms with E-state index in [4.69, 9.17) is 30.7 Å². The topological polar surface area (TPSA) is 64.3 Å². The molecule has 1 aliphatic rings. The predicted octanol–water partition coefficient (Wildman–Crippen LogP) is 5.74. The molecule has 0 aliphatic carbocycles. The summed E-state index contributed by atoms with van der Waals surface area (Å²) >= 11 is 9.41. The Morgan fingerprint density at radius 3 is 2.66 bits per heavy atom. The first-order valence-corrected chi connectivity index (χ1v) is 12.6. The van der Waals surface area contributed by atoms with Crippen molar-refractivity contribution >= 4 is 44.9 Å². The van der Waals surface area contributed by atoms with Crippen molar-refractivity contribution in [3.8, 4) is 11.5 Å². The maximum absolute atomic E-state index is 5.98. The van der Waals surface area contributed by atoms with Crippen LogP contribution in [0.2, 0.25) is 5.02 Å². The second kappa shape index (κ2) is 9.49. The van der Waals surface area contributed by atoms with Crippen LogP contribution in [-0.4, -0.2) is 46.2 Å². The van der Waals surface area contributed by atoms with E-state index >= 15 is 0 Å². The molecule has 9 heteroatoms. The van der Waals surface area contributed by atoms with Crippen molar-refractivity contribution in [3.63, 3.8) is 0 Å². The zero-order valence-electron chi connectivity index (χ0n) is 17.9. The van der Waals surface area contributed by atoms with Gasteiger partial charge in [0.2, 0.25) is 5.89 Å². The van der Waals surface area contributed by atoms with E-state index in [9.17, 15) is 0 Å². The highest BCUT2D eigenvalue weighted by atomic mass is 35.5. The number of nitrogens with zero attached hydrogens (tertiary/aromatic N) is 4. The van der Waals surface area contributed by atoms with Crippen LogP contribution in [0.15, 0.2) is 40.0 Å². The molecule has 0 unspecified atom stereocenters. The largest absolute Gasteiger partial charge is 0.444 e. The molecule has 1 aromatic carbocycles. The van der Waals surface area contributed by atoms with E-state index in [-0.39, 0.29) is 0 Å². The van der Waals surface area contributed by atoms with Gasteiger partial charge in [-0.15, -0.1) is 11.3 Å². The molecule has 5 rings (SSSR count). The Morgan fingerprint density at radius 2 is 1.88 bits per heavy atom. The third kappa shape index (κ3) is 4.70. The number of oxazole rings is 1. The number of rotatable bonds is 6. The number of benzene rings is 1. The van der Waals surface area contributed by atoms with Crippen LogP contribution in [0.1, 0.15) is 22.0 Å². The maximum Gasteiger partial charge on any atom is 0.226 e. The number of thiophene rings is 1. The minimum absolute atomic E-state index is 0.598. The van der Waals surface area contributed by atoms with Crippen molar-refractivity contribution in [2.24, 2.45) is 0 Å². The zero-order chi connectivity index (χ0) is 22.1. The summed E-state index contributed by atoms with van der Waals surface area (Å²) in [6.45, 7) is 8.41. The summed E-state index contributed by atoms with van der Waals surface area (Å²) in [6, 6.07) is 7.50. The molecular weight excluding hydrogens is 464 g/mol. The Morgan fingerprint density at radius 1 is 1.09 bits per heavy atom. The molecule has 0 N–H and O–H groups in total. The molecule has 6 nitrogen and oxygen atoms in total. The van der Waals surface area contributed by atoms with E-state index in [1.165, 1.54) is 10.4 Å². The molecule has 0 saturated carbocycles. The van der Waals surface area contributed by atoms with Gasteiger partial charge in [0.15, 0.2) is 0 Å². The number of morpholine rings is 1. The van der Waals surface area contributed by atoms with E-state index in [1.54, 1.807) is 29.4 Å². The van der Waals surface area contributed by atoms with Gasteiger partial charge in [0.05, 0.1) is 25.5 Å². The molecule has 0 spiro atoms. The van der Waals surface area contributed by atoms with E-state index in [2.05, 4.69) is 23.7 Å². The second-order valence-corrected chi connectivity index (χ2v) is 10.3. The first-order valence-electron chi connectivity index (χ1n) is 10.5. The first-order chi connectivity index (χ1) is 15.6. The van der Waals surface area contributed by atoms with E-state index < -0.39 is 0 Å². The summed E-state index contributed by atoms with van der Waals surface area (Å²) in [6.07, 6.45) is 1.72. The normalized spacial score (nSPS) is 15.0. The number of thioether (sulfide) groups is 1. The maximum atomic E-state index is 5.98. The molecule has 3 aromatic heterocycles. The molecule has 1 aliphatic heterocycles. The number of hydrogen-bond acceptors (Lipinski definition) is 8. The summed E-state index contributed by atoms with van der Waals surface area (Å²) in [5.74, 6) is 2.14. The fraction of sp³-hybridized carbons (Fsp3) is 0.348. The highest BCUT2D eigenvalue weighted by Crippen LogP contribution is 2.36. The number of fused-ring (bicyclic) bond motifs is 1. The quantitative estimate of drug-likeness (QED) is 0.254. The van der Waals surface area contributed by atoms with Gasteiger partial charge in [-0.05, 0) is 43.7 Å². The van der Waals surface area contributed by atoms with Crippen LogP contribution in [0.25, 0.3) is 21.7 Å². The molecule has 0 atom stereocenters. The van der Waals surface area contributed by atoms with Crippen molar-refractivity contribution in [1.29, 1.82) is 0 Å². The monoisotopic (exact) mass is 486 g/mol. The fourth-order valence-electron chi connectivity index (χ4n) is 3.63. The molecule has 4 aromatic rings. The summed E-state index contributed by atoms with van der Waals surface area (Å²) in [7, 11) is 0. The molecule has 0 bridgehead atoms. The van der Waals surface area contributed by atoms with Gasteiger partial charge in [-0.2, -0.15) is 0 Å². The van der Waals surface area contributed by atoms with Gasteiger partial charge in [-0.3, -0.25) is 4.90 Å². The summed E-state index contributed by atoms with van der Waals surface area (Å²) in [4.78, 5) is 19.2. The minimum atomic E-state index is 0.598. The van der Waals surface area contributed by atoms with Crippen LogP contribution in [0.3, 0.4) is 0 Å². The van der Waals surface area contributed by atoms with Crippen molar-refractivity contribution < 1.29 is 9.15 Å². The third-order valence-corrected chi connectivity index (χ3v) is 7.87. The van der Waals surface area contributed by atoms with Crippen LogP contribution in [0.5, 0.6) is 0 Å². The number of ether oxygens (including phenoxy) is 1. The second-order valence-electron chi connectivity index (χ2n) is 7.74. The predicted molar refractivity (Wildman–Crippen MR) is 129 cm³/mol. The Labute approximate surface area is 200 Å². The zero-order valence-corrected chi connectivity index (χ0v) is 20.3. The first kappa shape index (κ1) is 21.9. The third-order valence-electron chi connectivity index (χ3n) is 5.51. The summed E-state index contributed by atoms with van der Waals surface area (Å²) in [5, 5.41) is 2.86.